The lowest BCUT2D eigenvalue weighted by molar-refractivity contribution is 0.400. The van der Waals surface area contributed by atoms with Crippen LogP contribution in [0.3, 0.4) is 0 Å². The van der Waals surface area contributed by atoms with Crippen molar-refractivity contribution in [2.75, 3.05) is 7.11 Å². The first kappa shape index (κ1) is 9.99. The first-order valence-electron chi connectivity index (χ1n) is 4.54. The summed E-state index contributed by atoms with van der Waals surface area (Å²) in [6.07, 6.45) is 3.74. The van der Waals surface area contributed by atoms with Crippen LogP contribution < -0.4 is 10.5 Å². The van der Waals surface area contributed by atoms with Gasteiger partial charge in [0.05, 0.1) is 18.8 Å². The van der Waals surface area contributed by atoms with Gasteiger partial charge in [0.25, 0.3) is 0 Å². The Bertz CT molecular complexity index is 263. The number of hydrogen-bond acceptors (Lipinski definition) is 3. The molecule has 0 aromatic carbocycles. The molecule has 0 aliphatic carbocycles. The summed E-state index contributed by atoms with van der Waals surface area (Å²) in [5, 5.41) is 0. The van der Waals surface area contributed by atoms with Crippen LogP contribution in [0.1, 0.15) is 31.5 Å². The molecule has 0 saturated carbocycles. The van der Waals surface area contributed by atoms with Crippen molar-refractivity contribution in [2.24, 2.45) is 5.73 Å². The van der Waals surface area contributed by atoms with Crippen molar-refractivity contribution in [3.8, 4) is 5.75 Å². The summed E-state index contributed by atoms with van der Waals surface area (Å²) in [5.41, 5.74) is 6.79. The molecule has 72 valence electrons. The fourth-order valence-electron chi connectivity index (χ4n) is 1.30. The van der Waals surface area contributed by atoms with Crippen molar-refractivity contribution in [1.29, 1.82) is 0 Å². The molecule has 0 bridgehead atoms. The number of hydrogen-bond donors (Lipinski definition) is 1. The largest absolute Gasteiger partial charge is 0.495 e. The van der Waals surface area contributed by atoms with Crippen molar-refractivity contribution in [1.82, 2.24) is 4.98 Å². The zero-order valence-corrected chi connectivity index (χ0v) is 8.16. The van der Waals surface area contributed by atoms with Crippen LogP contribution in [0.5, 0.6) is 5.75 Å². The zero-order valence-electron chi connectivity index (χ0n) is 8.16. The topological polar surface area (TPSA) is 48.1 Å². The zero-order chi connectivity index (χ0) is 9.68. The molecular formula is C10H16N2O. The van der Waals surface area contributed by atoms with Gasteiger partial charge in [-0.2, -0.15) is 0 Å². The van der Waals surface area contributed by atoms with Crippen LogP contribution in [0.25, 0.3) is 0 Å². The molecule has 0 fully saturated rings. The van der Waals surface area contributed by atoms with E-state index in [0.717, 1.165) is 24.3 Å². The van der Waals surface area contributed by atoms with E-state index in [1.165, 1.54) is 0 Å². The molecule has 0 aliphatic heterocycles. The molecule has 0 amide bonds. The number of nitrogens with zero attached hydrogens (tertiary/aromatic N) is 1. The molecule has 1 atom stereocenters. The van der Waals surface area contributed by atoms with E-state index in [1.54, 1.807) is 13.3 Å². The van der Waals surface area contributed by atoms with Crippen LogP contribution in [-0.2, 0) is 0 Å². The number of methoxy groups -OCH3 is 1. The summed E-state index contributed by atoms with van der Waals surface area (Å²) in [7, 11) is 1.64. The third-order valence-corrected chi connectivity index (χ3v) is 1.97. The monoisotopic (exact) mass is 180 g/mol. The third kappa shape index (κ3) is 2.42. The molecule has 0 saturated heterocycles. The first-order chi connectivity index (χ1) is 6.29. The maximum absolute atomic E-state index is 5.94. The van der Waals surface area contributed by atoms with E-state index < -0.39 is 0 Å². The summed E-state index contributed by atoms with van der Waals surface area (Å²) < 4.78 is 5.17. The van der Waals surface area contributed by atoms with E-state index in [1.807, 2.05) is 12.1 Å². The van der Waals surface area contributed by atoms with Gasteiger partial charge in [-0.15, -0.1) is 0 Å². The maximum Gasteiger partial charge on any atom is 0.141 e. The molecule has 13 heavy (non-hydrogen) atoms. The minimum atomic E-state index is -0.0128. The second-order valence-corrected chi connectivity index (χ2v) is 2.99. The van der Waals surface area contributed by atoms with Gasteiger partial charge in [0, 0.05) is 6.20 Å². The Labute approximate surface area is 78.9 Å². The van der Waals surface area contributed by atoms with Gasteiger partial charge < -0.3 is 10.5 Å². The van der Waals surface area contributed by atoms with Gasteiger partial charge >= 0.3 is 0 Å². The number of ether oxygens (including phenoxy) is 1. The van der Waals surface area contributed by atoms with E-state index >= 15 is 0 Å². The van der Waals surface area contributed by atoms with Crippen molar-refractivity contribution < 1.29 is 4.74 Å². The highest BCUT2D eigenvalue weighted by Crippen LogP contribution is 2.23. The van der Waals surface area contributed by atoms with Gasteiger partial charge in [-0.05, 0) is 18.6 Å². The summed E-state index contributed by atoms with van der Waals surface area (Å²) in [5.74, 6) is 0.781. The van der Waals surface area contributed by atoms with Crippen LogP contribution in [0.15, 0.2) is 18.3 Å². The van der Waals surface area contributed by atoms with Crippen LogP contribution in [0.4, 0.5) is 0 Å². The number of aromatic nitrogens is 1. The van der Waals surface area contributed by atoms with E-state index in [9.17, 15) is 0 Å². The molecule has 1 rings (SSSR count). The Kier molecular flexibility index (Phi) is 3.71. The second-order valence-electron chi connectivity index (χ2n) is 2.99. The molecule has 1 aromatic heterocycles. The standard InChI is InChI=1S/C10H16N2O/c1-3-5-8(11)10-9(13-2)6-4-7-12-10/h4,6-8H,3,5,11H2,1-2H3/t8-/m0/s1. The quantitative estimate of drug-likeness (QED) is 0.769. The fourth-order valence-corrected chi connectivity index (χ4v) is 1.30. The summed E-state index contributed by atoms with van der Waals surface area (Å²) in [6.45, 7) is 2.11. The van der Waals surface area contributed by atoms with Crippen LogP contribution in [0.2, 0.25) is 0 Å². The molecule has 1 aromatic rings. The van der Waals surface area contributed by atoms with Crippen molar-refractivity contribution in [3.05, 3.63) is 24.0 Å². The SMILES string of the molecule is CCC[C@H](N)c1ncccc1OC. The maximum atomic E-state index is 5.94. The lowest BCUT2D eigenvalue weighted by atomic mass is 10.1. The number of pyridine rings is 1. The first-order valence-corrected chi connectivity index (χ1v) is 4.54. The minimum Gasteiger partial charge on any atom is -0.495 e. The Morgan fingerprint density at radius 2 is 2.38 bits per heavy atom. The smallest absolute Gasteiger partial charge is 0.141 e. The molecule has 3 nitrogen and oxygen atoms in total. The van der Waals surface area contributed by atoms with E-state index in [4.69, 9.17) is 10.5 Å². The lowest BCUT2D eigenvalue weighted by Gasteiger charge is -2.12. The predicted octanol–water partition coefficient (Wildman–Crippen LogP) is 1.89. The average Bonchev–Trinajstić information content (AvgIpc) is 2.18. The van der Waals surface area contributed by atoms with Crippen molar-refractivity contribution in [2.45, 2.75) is 25.8 Å². The van der Waals surface area contributed by atoms with Crippen LogP contribution >= 0.6 is 0 Å². The number of rotatable bonds is 4. The highest BCUT2D eigenvalue weighted by molar-refractivity contribution is 5.29. The van der Waals surface area contributed by atoms with Gasteiger partial charge in [0.2, 0.25) is 0 Å². The Balaban J connectivity index is 2.85. The van der Waals surface area contributed by atoms with Gasteiger partial charge in [0.1, 0.15) is 5.75 Å². The Hall–Kier alpha value is -1.09. The van der Waals surface area contributed by atoms with Crippen LogP contribution in [0, 0.1) is 0 Å². The highest BCUT2D eigenvalue weighted by atomic mass is 16.5. The third-order valence-electron chi connectivity index (χ3n) is 1.97. The van der Waals surface area contributed by atoms with E-state index in [0.29, 0.717) is 0 Å². The van der Waals surface area contributed by atoms with E-state index in [-0.39, 0.29) is 6.04 Å². The minimum absolute atomic E-state index is 0.0128. The summed E-state index contributed by atoms with van der Waals surface area (Å²) >= 11 is 0. The molecular weight excluding hydrogens is 164 g/mol. The molecule has 0 radical (unpaired) electrons. The van der Waals surface area contributed by atoms with Gasteiger partial charge in [0.15, 0.2) is 0 Å². The molecule has 0 unspecified atom stereocenters. The average molecular weight is 180 g/mol. The normalized spacial score (nSPS) is 12.5. The predicted molar refractivity (Wildman–Crippen MR) is 52.6 cm³/mol. The van der Waals surface area contributed by atoms with E-state index in [2.05, 4.69) is 11.9 Å². The van der Waals surface area contributed by atoms with Crippen LogP contribution in [-0.4, -0.2) is 12.1 Å². The number of nitrogens with two attached hydrogens (primary N) is 1. The van der Waals surface area contributed by atoms with Crippen molar-refractivity contribution >= 4 is 0 Å². The fraction of sp³-hybridized carbons (Fsp3) is 0.500. The molecule has 3 heteroatoms. The second kappa shape index (κ2) is 4.82. The molecule has 2 N–H and O–H groups in total. The Morgan fingerprint density at radius 1 is 1.62 bits per heavy atom. The lowest BCUT2D eigenvalue weighted by Crippen LogP contribution is -2.12. The molecule has 0 spiro atoms. The van der Waals surface area contributed by atoms with Gasteiger partial charge in [-0.25, -0.2) is 0 Å². The van der Waals surface area contributed by atoms with Gasteiger partial charge in [-0.3, -0.25) is 4.98 Å². The Morgan fingerprint density at radius 3 is 3.00 bits per heavy atom. The highest BCUT2D eigenvalue weighted by Gasteiger charge is 2.11. The summed E-state index contributed by atoms with van der Waals surface area (Å²) in [6, 6.07) is 3.72. The molecule has 0 aliphatic rings. The van der Waals surface area contributed by atoms with Gasteiger partial charge in [-0.1, -0.05) is 13.3 Å². The molecule has 1 heterocycles. The summed E-state index contributed by atoms with van der Waals surface area (Å²) in [4.78, 5) is 4.22. The van der Waals surface area contributed by atoms with Crippen molar-refractivity contribution in [3.63, 3.8) is 0 Å².